The number of aliphatic hydroxyl groups is 1. The van der Waals surface area contributed by atoms with Gasteiger partial charge in [0.15, 0.2) is 0 Å². The molecule has 3 N–H and O–H groups in total. The zero-order valence-electron chi connectivity index (χ0n) is 9.56. The molecule has 92 valence electrons. The zero-order valence-corrected chi connectivity index (χ0v) is 10.4. The van der Waals surface area contributed by atoms with Crippen LogP contribution in [0.15, 0.2) is 24.3 Å². The number of aliphatic hydroxyl groups excluding tert-OH is 1. The van der Waals surface area contributed by atoms with Gasteiger partial charge in [0, 0.05) is 12.6 Å². The summed E-state index contributed by atoms with van der Waals surface area (Å²) in [5, 5.41) is 8.70. The fourth-order valence-electron chi connectivity index (χ4n) is 1.46. The van der Waals surface area contributed by atoms with Crippen molar-refractivity contribution in [2.45, 2.75) is 25.8 Å². The summed E-state index contributed by atoms with van der Waals surface area (Å²) in [6.45, 7) is 2.83. The molecule has 3 nitrogen and oxygen atoms in total. The lowest BCUT2D eigenvalue weighted by molar-refractivity contribution is 0.280. The smallest absolute Gasteiger partial charge is 0.119 e. The van der Waals surface area contributed by atoms with E-state index in [2.05, 4.69) is 0 Å². The van der Waals surface area contributed by atoms with E-state index in [1.807, 2.05) is 31.2 Å². The second-order valence-electron chi connectivity index (χ2n) is 3.47. The molecule has 0 aliphatic carbocycles. The first kappa shape index (κ1) is 15.2. The Labute approximate surface area is 103 Å². The van der Waals surface area contributed by atoms with Gasteiger partial charge in [-0.1, -0.05) is 12.1 Å². The predicted molar refractivity (Wildman–Crippen MR) is 68.1 cm³/mol. The molecule has 0 fully saturated rings. The molecule has 1 rings (SSSR count). The minimum absolute atomic E-state index is 0. The summed E-state index contributed by atoms with van der Waals surface area (Å²) in [5.41, 5.74) is 7.04. The number of hydrogen-bond acceptors (Lipinski definition) is 3. The zero-order chi connectivity index (χ0) is 11.1. The largest absolute Gasteiger partial charge is 0.494 e. The molecular formula is C12H20ClNO2. The second-order valence-corrected chi connectivity index (χ2v) is 3.47. The van der Waals surface area contributed by atoms with E-state index >= 15 is 0 Å². The fraction of sp³-hybridized carbons (Fsp3) is 0.500. The van der Waals surface area contributed by atoms with E-state index in [0.717, 1.165) is 24.2 Å². The van der Waals surface area contributed by atoms with E-state index in [0.29, 0.717) is 6.61 Å². The molecule has 0 aliphatic heterocycles. The summed E-state index contributed by atoms with van der Waals surface area (Å²) in [6, 6.07) is 7.82. The van der Waals surface area contributed by atoms with Gasteiger partial charge in [0.2, 0.25) is 0 Å². The molecule has 1 aromatic carbocycles. The summed E-state index contributed by atoms with van der Waals surface area (Å²) >= 11 is 0. The first-order valence-corrected chi connectivity index (χ1v) is 5.37. The van der Waals surface area contributed by atoms with E-state index in [9.17, 15) is 0 Å². The highest BCUT2D eigenvalue weighted by Crippen LogP contribution is 2.19. The molecule has 0 saturated heterocycles. The van der Waals surface area contributed by atoms with Gasteiger partial charge in [-0.15, -0.1) is 12.4 Å². The van der Waals surface area contributed by atoms with Gasteiger partial charge in [0.05, 0.1) is 6.61 Å². The van der Waals surface area contributed by atoms with Gasteiger partial charge in [-0.2, -0.15) is 0 Å². The lowest BCUT2D eigenvalue weighted by atomic mass is 10.0. The van der Waals surface area contributed by atoms with Crippen LogP contribution in [0.3, 0.4) is 0 Å². The van der Waals surface area contributed by atoms with Crippen molar-refractivity contribution in [2.75, 3.05) is 13.2 Å². The topological polar surface area (TPSA) is 55.5 Å². The minimum atomic E-state index is 0. The summed E-state index contributed by atoms with van der Waals surface area (Å²) in [4.78, 5) is 0. The summed E-state index contributed by atoms with van der Waals surface area (Å²) in [7, 11) is 0. The Bertz CT molecular complexity index is 277. The van der Waals surface area contributed by atoms with Gasteiger partial charge in [0.25, 0.3) is 0 Å². The first-order valence-electron chi connectivity index (χ1n) is 5.37. The van der Waals surface area contributed by atoms with Crippen LogP contribution in [0.25, 0.3) is 0 Å². The maximum atomic E-state index is 8.70. The third-order valence-electron chi connectivity index (χ3n) is 2.29. The Kier molecular flexibility index (Phi) is 7.99. The molecule has 0 spiro atoms. The Morgan fingerprint density at radius 2 is 1.94 bits per heavy atom. The highest BCUT2D eigenvalue weighted by Gasteiger charge is 2.05. The van der Waals surface area contributed by atoms with Crippen molar-refractivity contribution in [2.24, 2.45) is 5.73 Å². The van der Waals surface area contributed by atoms with Crippen molar-refractivity contribution in [3.8, 4) is 5.75 Å². The average molecular weight is 246 g/mol. The number of nitrogens with two attached hydrogens (primary N) is 1. The lowest BCUT2D eigenvalue weighted by Gasteiger charge is -2.11. The molecule has 16 heavy (non-hydrogen) atoms. The van der Waals surface area contributed by atoms with Crippen LogP contribution in [0, 0.1) is 0 Å². The normalized spacial score (nSPS) is 11.7. The van der Waals surface area contributed by atoms with E-state index in [1.54, 1.807) is 0 Å². The second kappa shape index (κ2) is 8.39. The van der Waals surface area contributed by atoms with E-state index < -0.39 is 0 Å². The Morgan fingerprint density at radius 1 is 1.31 bits per heavy atom. The lowest BCUT2D eigenvalue weighted by Crippen LogP contribution is -2.10. The molecule has 0 radical (unpaired) electrons. The van der Waals surface area contributed by atoms with Gasteiger partial charge in [-0.25, -0.2) is 0 Å². The van der Waals surface area contributed by atoms with Crippen LogP contribution in [-0.4, -0.2) is 18.3 Å². The van der Waals surface area contributed by atoms with Crippen LogP contribution in [0.5, 0.6) is 5.75 Å². The molecular weight excluding hydrogens is 226 g/mol. The number of benzene rings is 1. The standard InChI is InChI=1S/C12H19NO2.ClH/c1-2-15-11-7-5-10(6-8-11)12(13)4-3-9-14;/h5-8,12,14H,2-4,9,13H2,1H3;1H/t12-;/m1./s1. The van der Waals surface area contributed by atoms with Crippen LogP contribution in [-0.2, 0) is 0 Å². The maximum Gasteiger partial charge on any atom is 0.119 e. The summed E-state index contributed by atoms with van der Waals surface area (Å²) in [6.07, 6.45) is 1.55. The van der Waals surface area contributed by atoms with Crippen molar-refractivity contribution in [3.05, 3.63) is 29.8 Å². The Hall–Kier alpha value is -0.770. The molecule has 0 unspecified atom stereocenters. The molecule has 1 aromatic rings. The van der Waals surface area contributed by atoms with Gasteiger partial charge >= 0.3 is 0 Å². The number of halogens is 1. The van der Waals surface area contributed by atoms with Crippen molar-refractivity contribution in [3.63, 3.8) is 0 Å². The van der Waals surface area contributed by atoms with Gasteiger partial charge in [-0.3, -0.25) is 0 Å². The molecule has 0 saturated carbocycles. The van der Waals surface area contributed by atoms with Crippen LogP contribution >= 0.6 is 12.4 Å². The predicted octanol–water partition coefficient (Wildman–Crippen LogP) is 2.28. The van der Waals surface area contributed by atoms with E-state index in [4.69, 9.17) is 15.6 Å². The molecule has 0 amide bonds. The van der Waals surface area contributed by atoms with E-state index in [1.165, 1.54) is 0 Å². The minimum Gasteiger partial charge on any atom is -0.494 e. The third kappa shape index (κ3) is 4.84. The quantitative estimate of drug-likeness (QED) is 0.809. The highest BCUT2D eigenvalue weighted by molar-refractivity contribution is 5.85. The van der Waals surface area contributed by atoms with E-state index in [-0.39, 0.29) is 25.1 Å². The molecule has 4 heteroatoms. The van der Waals surface area contributed by atoms with Crippen LogP contribution < -0.4 is 10.5 Å². The van der Waals surface area contributed by atoms with Crippen LogP contribution in [0.2, 0.25) is 0 Å². The van der Waals surface area contributed by atoms with Crippen molar-refractivity contribution in [1.82, 2.24) is 0 Å². The molecule has 0 heterocycles. The highest BCUT2D eigenvalue weighted by atomic mass is 35.5. The SMILES string of the molecule is CCOc1ccc([C@H](N)CCCO)cc1.Cl. The monoisotopic (exact) mass is 245 g/mol. The average Bonchev–Trinajstić information content (AvgIpc) is 2.27. The maximum absolute atomic E-state index is 8.70. The van der Waals surface area contributed by atoms with Crippen molar-refractivity contribution >= 4 is 12.4 Å². The number of hydrogen-bond donors (Lipinski definition) is 2. The molecule has 0 aromatic heterocycles. The van der Waals surface area contributed by atoms with Crippen LogP contribution in [0.4, 0.5) is 0 Å². The van der Waals surface area contributed by atoms with Crippen LogP contribution in [0.1, 0.15) is 31.4 Å². The summed E-state index contributed by atoms with van der Waals surface area (Å²) < 4.78 is 5.34. The summed E-state index contributed by atoms with van der Waals surface area (Å²) in [5.74, 6) is 0.871. The van der Waals surface area contributed by atoms with Crippen molar-refractivity contribution in [1.29, 1.82) is 0 Å². The van der Waals surface area contributed by atoms with Crippen molar-refractivity contribution < 1.29 is 9.84 Å². The number of rotatable bonds is 6. The Morgan fingerprint density at radius 3 is 2.44 bits per heavy atom. The van der Waals surface area contributed by atoms with Gasteiger partial charge in [-0.05, 0) is 37.5 Å². The number of ether oxygens (including phenoxy) is 1. The molecule has 0 aliphatic rings. The molecule has 0 bridgehead atoms. The Balaban J connectivity index is 0.00000225. The first-order chi connectivity index (χ1) is 7.27. The van der Waals surface area contributed by atoms with Gasteiger partial charge in [0.1, 0.15) is 5.75 Å². The van der Waals surface area contributed by atoms with Gasteiger partial charge < -0.3 is 15.6 Å². The molecule has 1 atom stereocenters. The fourth-order valence-corrected chi connectivity index (χ4v) is 1.46. The third-order valence-corrected chi connectivity index (χ3v) is 2.29.